The smallest absolute Gasteiger partial charge is 0.0567 e. The van der Waals surface area contributed by atoms with Crippen LogP contribution in [0.25, 0.3) is 0 Å². The second kappa shape index (κ2) is 8.48. The molecule has 0 aromatic carbocycles. The molecule has 0 heterocycles. The van der Waals surface area contributed by atoms with E-state index in [0.29, 0.717) is 12.7 Å². The lowest BCUT2D eigenvalue weighted by Gasteiger charge is -2.30. The van der Waals surface area contributed by atoms with Crippen LogP contribution < -0.4 is 11.2 Å². The van der Waals surface area contributed by atoms with Crippen molar-refractivity contribution in [2.75, 3.05) is 13.2 Å². The second-order valence-electron chi connectivity index (χ2n) is 3.26. The largest absolute Gasteiger partial charge is 0.317 e. The van der Waals surface area contributed by atoms with E-state index in [4.69, 9.17) is 5.73 Å². The van der Waals surface area contributed by atoms with Crippen LogP contribution in [0.3, 0.4) is 0 Å². The second-order valence-corrected chi connectivity index (χ2v) is 3.26. The van der Waals surface area contributed by atoms with Crippen molar-refractivity contribution in [2.24, 2.45) is 5.73 Å². The Labute approximate surface area is 82.6 Å². The van der Waals surface area contributed by atoms with Gasteiger partial charge in [-0.1, -0.05) is 27.2 Å². The highest BCUT2D eigenvalue weighted by atomic mass is 15.5. The van der Waals surface area contributed by atoms with E-state index in [1.165, 1.54) is 0 Å². The van der Waals surface area contributed by atoms with Crippen LogP contribution in [0.15, 0.2) is 0 Å². The quantitative estimate of drug-likeness (QED) is 0.446. The maximum atomic E-state index is 5.48. The van der Waals surface area contributed by atoms with Gasteiger partial charge in [0.15, 0.2) is 0 Å². The summed E-state index contributed by atoms with van der Waals surface area (Å²) in [5.41, 5.74) is 8.68. The average Bonchev–Trinajstić information content (AvgIpc) is 2.14. The summed E-state index contributed by atoms with van der Waals surface area (Å²) < 4.78 is 0. The van der Waals surface area contributed by atoms with E-state index in [9.17, 15) is 0 Å². The minimum Gasteiger partial charge on any atom is -0.317 e. The van der Waals surface area contributed by atoms with Gasteiger partial charge in [0, 0.05) is 12.6 Å². The normalized spacial score (nSPS) is 13.6. The number of hydrogen-bond donors (Lipinski definition) is 2. The first-order valence-corrected chi connectivity index (χ1v) is 5.29. The van der Waals surface area contributed by atoms with Crippen molar-refractivity contribution < 1.29 is 0 Å². The van der Waals surface area contributed by atoms with Crippen molar-refractivity contribution in [3.63, 3.8) is 0 Å². The van der Waals surface area contributed by atoms with Crippen LogP contribution in [0.1, 0.15) is 39.5 Å². The molecule has 3 nitrogen and oxygen atoms in total. The predicted molar refractivity (Wildman–Crippen MR) is 57.9 cm³/mol. The number of nitrogens with zero attached hydrogens (tertiary/aromatic N) is 1. The molecule has 0 aliphatic carbocycles. The molecule has 0 rings (SSSR count). The van der Waals surface area contributed by atoms with Gasteiger partial charge in [0.05, 0.1) is 6.67 Å². The molecule has 0 fully saturated rings. The van der Waals surface area contributed by atoms with E-state index in [1.54, 1.807) is 0 Å². The van der Waals surface area contributed by atoms with Crippen molar-refractivity contribution in [3.8, 4) is 0 Å². The van der Waals surface area contributed by atoms with Crippen LogP contribution in [0.5, 0.6) is 0 Å². The molecule has 0 saturated carbocycles. The minimum atomic E-state index is 0.521. The molecular formula is C10H24N3. The highest BCUT2D eigenvalue weighted by Gasteiger charge is 2.13. The van der Waals surface area contributed by atoms with Crippen LogP contribution in [0.2, 0.25) is 0 Å². The van der Waals surface area contributed by atoms with E-state index < -0.39 is 0 Å². The standard InChI is InChI=1S/C10H24N3/c1-4-7-10(6-3)13(8-5-2)12-9-11/h10,12H,1,4-9,11H2,2-3H3. The number of nitrogens with one attached hydrogen (secondary N) is 1. The molecule has 0 aromatic heterocycles. The van der Waals surface area contributed by atoms with Crippen LogP contribution in [-0.2, 0) is 0 Å². The van der Waals surface area contributed by atoms with E-state index in [2.05, 4.69) is 31.2 Å². The van der Waals surface area contributed by atoms with Crippen molar-refractivity contribution in [3.05, 3.63) is 6.92 Å². The molecule has 0 amide bonds. The molecule has 3 N–H and O–H groups in total. The Balaban J connectivity index is 3.94. The molecule has 1 unspecified atom stereocenters. The highest BCUT2D eigenvalue weighted by Crippen LogP contribution is 2.08. The Kier molecular flexibility index (Phi) is 8.40. The molecule has 3 heteroatoms. The third-order valence-corrected chi connectivity index (χ3v) is 2.21. The third-order valence-electron chi connectivity index (χ3n) is 2.21. The third kappa shape index (κ3) is 5.24. The van der Waals surface area contributed by atoms with Crippen molar-refractivity contribution in [1.82, 2.24) is 10.4 Å². The number of hydrazine groups is 1. The lowest BCUT2D eigenvalue weighted by atomic mass is 10.1. The van der Waals surface area contributed by atoms with E-state index in [-0.39, 0.29) is 0 Å². The fourth-order valence-electron chi connectivity index (χ4n) is 1.56. The molecule has 0 aliphatic rings. The summed E-state index contributed by atoms with van der Waals surface area (Å²) >= 11 is 0. The fourth-order valence-corrected chi connectivity index (χ4v) is 1.56. The summed E-state index contributed by atoms with van der Waals surface area (Å²) in [5, 5.41) is 2.26. The lowest BCUT2D eigenvalue weighted by molar-refractivity contribution is 0.115. The summed E-state index contributed by atoms with van der Waals surface area (Å²) in [4.78, 5) is 0. The van der Waals surface area contributed by atoms with Gasteiger partial charge in [-0.2, -0.15) is 0 Å². The van der Waals surface area contributed by atoms with Crippen LogP contribution >= 0.6 is 0 Å². The Hall–Kier alpha value is -0.120. The zero-order chi connectivity index (χ0) is 10.1. The van der Waals surface area contributed by atoms with Crippen LogP contribution in [0, 0.1) is 6.92 Å². The van der Waals surface area contributed by atoms with Gasteiger partial charge < -0.3 is 5.73 Å². The molecule has 0 aromatic rings. The first kappa shape index (κ1) is 12.9. The summed E-state index contributed by atoms with van der Waals surface area (Å²) in [7, 11) is 0. The van der Waals surface area contributed by atoms with Gasteiger partial charge in [-0.25, -0.2) is 10.4 Å². The fraction of sp³-hybridized carbons (Fsp3) is 0.900. The van der Waals surface area contributed by atoms with Gasteiger partial charge in [-0.3, -0.25) is 0 Å². The Morgan fingerprint density at radius 1 is 1.46 bits per heavy atom. The van der Waals surface area contributed by atoms with E-state index in [0.717, 1.165) is 32.2 Å². The molecule has 0 aliphatic heterocycles. The molecule has 0 bridgehead atoms. The molecule has 0 saturated heterocycles. The molecular weight excluding hydrogens is 162 g/mol. The Bertz CT molecular complexity index is 100. The molecule has 0 spiro atoms. The van der Waals surface area contributed by atoms with Gasteiger partial charge in [0.2, 0.25) is 0 Å². The van der Waals surface area contributed by atoms with Crippen LogP contribution in [-0.4, -0.2) is 24.3 Å². The predicted octanol–water partition coefficient (Wildman–Crippen LogP) is 1.51. The Morgan fingerprint density at radius 3 is 2.54 bits per heavy atom. The zero-order valence-corrected chi connectivity index (χ0v) is 9.05. The van der Waals surface area contributed by atoms with Gasteiger partial charge in [0.1, 0.15) is 0 Å². The summed E-state index contributed by atoms with van der Waals surface area (Å²) in [6, 6.07) is 0.584. The van der Waals surface area contributed by atoms with Gasteiger partial charge in [-0.15, -0.1) is 0 Å². The van der Waals surface area contributed by atoms with Crippen molar-refractivity contribution in [1.29, 1.82) is 0 Å². The summed E-state index contributed by atoms with van der Waals surface area (Å²) in [6.45, 7) is 9.87. The van der Waals surface area contributed by atoms with Crippen molar-refractivity contribution in [2.45, 2.75) is 45.6 Å². The minimum absolute atomic E-state index is 0.521. The van der Waals surface area contributed by atoms with E-state index >= 15 is 0 Å². The number of rotatable bonds is 8. The first-order valence-electron chi connectivity index (χ1n) is 5.29. The number of hydrogen-bond acceptors (Lipinski definition) is 3. The summed E-state index contributed by atoms with van der Waals surface area (Å²) in [6.07, 6.45) is 4.44. The van der Waals surface area contributed by atoms with Crippen molar-refractivity contribution >= 4 is 0 Å². The Morgan fingerprint density at radius 2 is 2.15 bits per heavy atom. The molecule has 79 valence electrons. The summed E-state index contributed by atoms with van der Waals surface area (Å²) in [5.74, 6) is 0. The van der Waals surface area contributed by atoms with Gasteiger partial charge in [0.25, 0.3) is 0 Å². The van der Waals surface area contributed by atoms with Gasteiger partial charge in [-0.05, 0) is 19.3 Å². The monoisotopic (exact) mass is 186 g/mol. The van der Waals surface area contributed by atoms with Crippen LogP contribution in [0.4, 0.5) is 0 Å². The van der Waals surface area contributed by atoms with Gasteiger partial charge >= 0.3 is 0 Å². The number of nitrogens with two attached hydrogens (primary N) is 1. The maximum Gasteiger partial charge on any atom is 0.0567 e. The lowest BCUT2D eigenvalue weighted by Crippen LogP contribution is -2.48. The maximum absolute atomic E-state index is 5.48. The molecule has 1 radical (unpaired) electrons. The molecule has 13 heavy (non-hydrogen) atoms. The first-order chi connectivity index (χ1) is 6.29. The zero-order valence-electron chi connectivity index (χ0n) is 9.05. The SMILES string of the molecule is [CH2]CCC(CC)N(CCC)NCN. The van der Waals surface area contributed by atoms with E-state index in [1.807, 2.05) is 0 Å². The topological polar surface area (TPSA) is 41.3 Å². The average molecular weight is 186 g/mol. The molecule has 1 atom stereocenters. The highest BCUT2D eigenvalue weighted by molar-refractivity contribution is 4.67.